The number of carbonyl (C=O) groups is 2. The summed E-state index contributed by atoms with van der Waals surface area (Å²) in [6, 6.07) is 6.60. The molecule has 0 atom stereocenters. The first-order valence-corrected chi connectivity index (χ1v) is 8.92. The van der Waals surface area contributed by atoms with E-state index in [1.807, 2.05) is 0 Å². The van der Waals surface area contributed by atoms with Crippen molar-refractivity contribution in [2.24, 2.45) is 0 Å². The summed E-state index contributed by atoms with van der Waals surface area (Å²) in [5.41, 5.74) is 0. The zero-order chi connectivity index (χ0) is 17.6. The summed E-state index contributed by atoms with van der Waals surface area (Å²) in [5, 5.41) is 0.327. The number of esters is 2. The van der Waals surface area contributed by atoms with Gasteiger partial charge in [-0.25, -0.2) is 9.59 Å². The molecule has 6 heteroatoms. The van der Waals surface area contributed by atoms with Crippen LogP contribution in [0.4, 0.5) is 0 Å². The smallest absolute Gasteiger partial charge is 0.336 e. The fraction of sp³-hybridized carbons (Fsp3) is 0.444. The summed E-state index contributed by atoms with van der Waals surface area (Å²) >= 11 is 11.5. The van der Waals surface area contributed by atoms with Gasteiger partial charge in [0.2, 0.25) is 0 Å². The first-order valence-electron chi connectivity index (χ1n) is 8.00. The van der Waals surface area contributed by atoms with Crippen LogP contribution in [0.1, 0.15) is 38.5 Å². The summed E-state index contributed by atoms with van der Waals surface area (Å²) in [7, 11) is 0. The van der Waals surface area contributed by atoms with Crippen LogP contribution < -0.4 is 4.74 Å². The molecule has 0 saturated heterocycles. The Morgan fingerprint density at radius 3 is 2.25 bits per heavy atom. The van der Waals surface area contributed by atoms with Crippen LogP contribution in [-0.2, 0) is 14.3 Å². The second-order valence-corrected chi connectivity index (χ2v) is 5.95. The highest BCUT2D eigenvalue weighted by Gasteiger charge is 2.05. The van der Waals surface area contributed by atoms with E-state index in [0.29, 0.717) is 17.5 Å². The van der Waals surface area contributed by atoms with Crippen LogP contribution in [0.3, 0.4) is 0 Å². The van der Waals surface area contributed by atoms with Crippen LogP contribution in [0.25, 0.3) is 0 Å². The molecule has 1 aromatic rings. The molecular weight excluding hydrogens is 351 g/mol. The Bertz CT molecular complexity index is 544. The van der Waals surface area contributed by atoms with Crippen LogP contribution >= 0.6 is 23.2 Å². The minimum atomic E-state index is -0.681. The zero-order valence-corrected chi connectivity index (χ0v) is 15.0. The van der Waals surface area contributed by atoms with Gasteiger partial charge in [-0.2, -0.15) is 0 Å². The Kier molecular flexibility index (Phi) is 11.0. The van der Waals surface area contributed by atoms with E-state index in [9.17, 15) is 9.59 Å². The summed E-state index contributed by atoms with van der Waals surface area (Å²) in [6.45, 7) is 0.345. The third-order valence-corrected chi connectivity index (χ3v) is 3.75. The van der Waals surface area contributed by atoms with Crippen LogP contribution in [-0.4, -0.2) is 24.4 Å². The molecule has 0 bridgehead atoms. The second-order valence-electron chi connectivity index (χ2n) is 5.16. The largest absolute Gasteiger partial charge is 0.463 e. The van der Waals surface area contributed by atoms with Gasteiger partial charge in [0, 0.05) is 18.0 Å². The number of para-hydroxylation sites is 1. The van der Waals surface area contributed by atoms with E-state index < -0.39 is 11.9 Å². The number of alkyl halides is 1. The lowest BCUT2D eigenvalue weighted by molar-refractivity contribution is -0.138. The normalized spacial score (nSPS) is 10.8. The fourth-order valence-corrected chi connectivity index (χ4v) is 2.29. The van der Waals surface area contributed by atoms with Gasteiger partial charge in [-0.15, -0.1) is 11.6 Å². The van der Waals surface area contributed by atoms with Gasteiger partial charge in [0.25, 0.3) is 0 Å². The molecule has 0 aliphatic carbocycles. The quantitative estimate of drug-likeness (QED) is 0.182. The van der Waals surface area contributed by atoms with Crippen molar-refractivity contribution < 1.29 is 19.1 Å². The first-order chi connectivity index (χ1) is 11.6. The molecule has 24 heavy (non-hydrogen) atoms. The van der Waals surface area contributed by atoms with Crippen molar-refractivity contribution in [1.29, 1.82) is 0 Å². The van der Waals surface area contributed by atoms with Gasteiger partial charge in [0.15, 0.2) is 0 Å². The van der Waals surface area contributed by atoms with Crippen molar-refractivity contribution in [2.75, 3.05) is 12.5 Å². The van der Waals surface area contributed by atoms with Crippen molar-refractivity contribution in [3.63, 3.8) is 0 Å². The van der Waals surface area contributed by atoms with Gasteiger partial charge >= 0.3 is 11.9 Å². The fourth-order valence-electron chi connectivity index (χ4n) is 1.93. The summed E-state index contributed by atoms with van der Waals surface area (Å²) < 4.78 is 10.0. The van der Waals surface area contributed by atoms with E-state index in [2.05, 4.69) is 0 Å². The molecule has 0 fully saturated rings. The molecule has 0 aliphatic heterocycles. The molecule has 0 unspecified atom stereocenters. The standard InChI is InChI=1S/C18H22Cl2O4/c19-13-7-3-1-2-4-8-14-23-17(21)11-12-18(22)24-16-10-6-5-9-15(16)20/h5-6,9-12H,1-4,7-8,13-14H2/b12-11+. The predicted molar refractivity (Wildman–Crippen MR) is 95.6 cm³/mol. The minimum Gasteiger partial charge on any atom is -0.463 e. The van der Waals surface area contributed by atoms with Gasteiger partial charge < -0.3 is 9.47 Å². The maximum Gasteiger partial charge on any atom is 0.336 e. The number of ether oxygens (including phenoxy) is 2. The molecule has 0 heterocycles. The van der Waals surface area contributed by atoms with Crippen LogP contribution in [0.15, 0.2) is 36.4 Å². The molecule has 132 valence electrons. The molecular formula is C18H22Cl2O4. The molecule has 1 rings (SSSR count). The molecule has 1 aromatic carbocycles. The SMILES string of the molecule is O=C(/C=C/C(=O)Oc1ccccc1Cl)OCCCCCCCCCl. The van der Waals surface area contributed by atoms with E-state index in [0.717, 1.165) is 50.7 Å². The van der Waals surface area contributed by atoms with Gasteiger partial charge in [0.1, 0.15) is 5.75 Å². The molecule has 0 radical (unpaired) electrons. The predicted octanol–water partition coefficient (Wildman–Crippen LogP) is 4.92. The van der Waals surface area contributed by atoms with Gasteiger partial charge in [-0.3, -0.25) is 0 Å². The molecule has 0 amide bonds. The van der Waals surface area contributed by atoms with Gasteiger partial charge in [0.05, 0.1) is 11.6 Å². The molecule has 0 spiro atoms. The molecule has 0 aliphatic rings. The third-order valence-electron chi connectivity index (χ3n) is 3.17. The molecule has 0 aromatic heterocycles. The van der Waals surface area contributed by atoms with Crippen molar-refractivity contribution in [1.82, 2.24) is 0 Å². The van der Waals surface area contributed by atoms with Gasteiger partial charge in [-0.1, -0.05) is 49.4 Å². The van der Waals surface area contributed by atoms with Crippen molar-refractivity contribution >= 4 is 35.1 Å². The number of halogens is 2. The molecule has 0 saturated carbocycles. The Morgan fingerprint density at radius 2 is 1.54 bits per heavy atom. The number of hydrogen-bond donors (Lipinski definition) is 0. The summed E-state index contributed by atoms with van der Waals surface area (Å²) in [6.07, 6.45) is 8.34. The van der Waals surface area contributed by atoms with Crippen molar-refractivity contribution in [3.8, 4) is 5.75 Å². The molecule has 0 N–H and O–H groups in total. The Balaban J connectivity index is 2.14. The van der Waals surface area contributed by atoms with Crippen molar-refractivity contribution in [3.05, 3.63) is 41.4 Å². The second kappa shape index (κ2) is 12.8. The lowest BCUT2D eigenvalue weighted by Crippen LogP contribution is -2.07. The van der Waals surface area contributed by atoms with Crippen LogP contribution in [0.5, 0.6) is 5.75 Å². The lowest BCUT2D eigenvalue weighted by atomic mass is 10.1. The Labute approximate surface area is 152 Å². The highest BCUT2D eigenvalue weighted by Crippen LogP contribution is 2.23. The Hall–Kier alpha value is -1.52. The summed E-state index contributed by atoms with van der Waals surface area (Å²) in [4.78, 5) is 23.1. The zero-order valence-electron chi connectivity index (χ0n) is 13.5. The topological polar surface area (TPSA) is 52.6 Å². The third kappa shape index (κ3) is 9.58. The average Bonchev–Trinajstić information content (AvgIpc) is 2.57. The minimum absolute atomic E-state index is 0.247. The maximum atomic E-state index is 11.6. The monoisotopic (exact) mass is 372 g/mol. The van der Waals surface area contributed by atoms with E-state index in [1.54, 1.807) is 24.3 Å². The number of benzene rings is 1. The highest BCUT2D eigenvalue weighted by molar-refractivity contribution is 6.32. The summed E-state index contributed by atoms with van der Waals surface area (Å²) in [5.74, 6) is -0.285. The number of carbonyl (C=O) groups excluding carboxylic acids is 2. The highest BCUT2D eigenvalue weighted by atomic mass is 35.5. The lowest BCUT2D eigenvalue weighted by Gasteiger charge is -2.03. The van der Waals surface area contributed by atoms with E-state index in [4.69, 9.17) is 32.7 Å². The molecule has 4 nitrogen and oxygen atoms in total. The number of unbranched alkanes of at least 4 members (excludes halogenated alkanes) is 5. The van der Waals surface area contributed by atoms with Crippen LogP contribution in [0, 0.1) is 0 Å². The van der Waals surface area contributed by atoms with E-state index in [-0.39, 0.29) is 5.75 Å². The Morgan fingerprint density at radius 1 is 0.917 bits per heavy atom. The van der Waals surface area contributed by atoms with Gasteiger partial charge in [-0.05, 0) is 25.0 Å². The maximum absolute atomic E-state index is 11.6. The first kappa shape index (κ1) is 20.5. The van der Waals surface area contributed by atoms with Crippen LogP contribution in [0.2, 0.25) is 5.02 Å². The number of rotatable bonds is 11. The van der Waals surface area contributed by atoms with Crippen molar-refractivity contribution in [2.45, 2.75) is 38.5 Å². The van der Waals surface area contributed by atoms with E-state index in [1.165, 1.54) is 0 Å². The van der Waals surface area contributed by atoms with E-state index >= 15 is 0 Å². The number of hydrogen-bond acceptors (Lipinski definition) is 4. The average molecular weight is 373 g/mol.